The van der Waals surface area contributed by atoms with Crippen LogP contribution in [0, 0.1) is 17.3 Å². The fraction of sp³-hybridized carbons (Fsp3) is 1.00. The molecule has 0 amide bonds. The molecule has 78 valence electrons. The van der Waals surface area contributed by atoms with Crippen molar-refractivity contribution in [3.63, 3.8) is 0 Å². The summed E-state index contributed by atoms with van der Waals surface area (Å²) in [5.74, 6) is 1.54. The van der Waals surface area contributed by atoms with Crippen LogP contribution >= 0.6 is 0 Å². The predicted octanol–water partition coefficient (Wildman–Crippen LogP) is 1.61. The maximum absolute atomic E-state index is 5.78. The third kappa shape index (κ3) is 3.65. The molecule has 0 aromatic rings. The molecule has 1 aliphatic rings. The summed E-state index contributed by atoms with van der Waals surface area (Å²) in [6, 6.07) is 0. The Labute approximate surface area is 82.3 Å². The van der Waals surface area contributed by atoms with Gasteiger partial charge in [-0.15, -0.1) is 0 Å². The molecule has 0 saturated carbocycles. The van der Waals surface area contributed by atoms with Gasteiger partial charge in [0.05, 0.1) is 0 Å². The van der Waals surface area contributed by atoms with Crippen LogP contribution in [0.25, 0.3) is 0 Å². The van der Waals surface area contributed by atoms with Gasteiger partial charge in [-0.05, 0) is 49.7 Å². The second-order valence-corrected chi connectivity index (χ2v) is 5.51. The Hall–Kier alpha value is -0.0800. The van der Waals surface area contributed by atoms with Crippen LogP contribution in [0.2, 0.25) is 0 Å². The van der Waals surface area contributed by atoms with Gasteiger partial charge in [-0.2, -0.15) is 0 Å². The molecule has 2 unspecified atom stereocenters. The van der Waals surface area contributed by atoms with Gasteiger partial charge in [-0.3, -0.25) is 0 Å². The molecular weight excluding hydrogens is 160 g/mol. The van der Waals surface area contributed by atoms with E-state index in [1.165, 1.54) is 19.4 Å². The van der Waals surface area contributed by atoms with E-state index in [-0.39, 0.29) is 0 Å². The van der Waals surface area contributed by atoms with Crippen LogP contribution in [0.3, 0.4) is 0 Å². The van der Waals surface area contributed by atoms with Gasteiger partial charge in [0.15, 0.2) is 0 Å². The van der Waals surface area contributed by atoms with Crippen molar-refractivity contribution < 1.29 is 0 Å². The van der Waals surface area contributed by atoms with Crippen LogP contribution in [0.4, 0.5) is 0 Å². The molecule has 3 N–H and O–H groups in total. The monoisotopic (exact) mass is 184 g/mol. The molecule has 0 aromatic carbocycles. The van der Waals surface area contributed by atoms with Gasteiger partial charge in [0, 0.05) is 0 Å². The average molecular weight is 184 g/mol. The zero-order chi connectivity index (χ0) is 9.90. The van der Waals surface area contributed by atoms with Crippen LogP contribution in [0.1, 0.15) is 33.6 Å². The van der Waals surface area contributed by atoms with Gasteiger partial charge in [-0.25, -0.2) is 0 Å². The molecule has 0 aromatic heterocycles. The van der Waals surface area contributed by atoms with Crippen molar-refractivity contribution in [1.82, 2.24) is 5.32 Å². The highest BCUT2D eigenvalue weighted by Gasteiger charge is 2.27. The fourth-order valence-electron chi connectivity index (χ4n) is 2.31. The third-order valence-electron chi connectivity index (χ3n) is 2.94. The van der Waals surface area contributed by atoms with Gasteiger partial charge in [-0.1, -0.05) is 20.8 Å². The van der Waals surface area contributed by atoms with E-state index >= 15 is 0 Å². The molecule has 1 aliphatic heterocycles. The van der Waals surface area contributed by atoms with Crippen LogP contribution in [-0.2, 0) is 0 Å². The second-order valence-electron chi connectivity index (χ2n) is 5.51. The van der Waals surface area contributed by atoms with Gasteiger partial charge >= 0.3 is 0 Å². The SMILES string of the molecule is CC(C)(C)CC1CNCCC1CN. The van der Waals surface area contributed by atoms with E-state index in [1.54, 1.807) is 0 Å². The molecule has 0 bridgehead atoms. The zero-order valence-electron chi connectivity index (χ0n) is 9.27. The summed E-state index contributed by atoms with van der Waals surface area (Å²) in [5.41, 5.74) is 6.23. The number of nitrogens with two attached hydrogens (primary N) is 1. The van der Waals surface area contributed by atoms with Crippen LogP contribution in [0.15, 0.2) is 0 Å². The lowest BCUT2D eigenvalue weighted by Gasteiger charge is -2.35. The molecule has 1 rings (SSSR count). The largest absolute Gasteiger partial charge is 0.330 e. The van der Waals surface area contributed by atoms with Gasteiger partial charge < -0.3 is 11.1 Å². The summed E-state index contributed by atoms with van der Waals surface area (Å²) >= 11 is 0. The summed E-state index contributed by atoms with van der Waals surface area (Å²) in [7, 11) is 0. The molecule has 0 radical (unpaired) electrons. The van der Waals surface area contributed by atoms with E-state index in [9.17, 15) is 0 Å². The van der Waals surface area contributed by atoms with Crippen molar-refractivity contribution in [2.45, 2.75) is 33.6 Å². The highest BCUT2D eigenvalue weighted by atomic mass is 14.9. The first-order valence-corrected chi connectivity index (χ1v) is 5.44. The van der Waals surface area contributed by atoms with Crippen molar-refractivity contribution in [3.8, 4) is 0 Å². The molecule has 13 heavy (non-hydrogen) atoms. The standard InChI is InChI=1S/C11H24N2/c1-11(2,3)6-10-8-13-5-4-9(10)7-12/h9-10,13H,4-8,12H2,1-3H3. The Morgan fingerprint density at radius 1 is 1.31 bits per heavy atom. The highest BCUT2D eigenvalue weighted by molar-refractivity contribution is 4.81. The summed E-state index contributed by atoms with van der Waals surface area (Å²) in [4.78, 5) is 0. The average Bonchev–Trinajstić information content (AvgIpc) is 2.02. The van der Waals surface area contributed by atoms with Crippen molar-refractivity contribution in [2.75, 3.05) is 19.6 Å². The minimum absolute atomic E-state index is 0.442. The zero-order valence-corrected chi connectivity index (χ0v) is 9.27. The molecule has 2 nitrogen and oxygen atoms in total. The topological polar surface area (TPSA) is 38.0 Å². The third-order valence-corrected chi connectivity index (χ3v) is 2.94. The summed E-state index contributed by atoms with van der Waals surface area (Å²) in [6.45, 7) is 10.1. The number of rotatable bonds is 2. The number of hydrogen-bond acceptors (Lipinski definition) is 2. The summed E-state index contributed by atoms with van der Waals surface area (Å²) < 4.78 is 0. The molecule has 2 heteroatoms. The van der Waals surface area contributed by atoms with Crippen molar-refractivity contribution in [3.05, 3.63) is 0 Å². The number of piperidine rings is 1. The summed E-state index contributed by atoms with van der Waals surface area (Å²) in [6.07, 6.45) is 2.55. The molecular formula is C11H24N2. The van der Waals surface area contributed by atoms with Gasteiger partial charge in [0.1, 0.15) is 0 Å². The highest BCUT2D eigenvalue weighted by Crippen LogP contribution is 2.31. The Morgan fingerprint density at radius 3 is 2.54 bits per heavy atom. The number of hydrogen-bond donors (Lipinski definition) is 2. The molecule has 1 saturated heterocycles. The first kappa shape index (κ1) is 11.0. The minimum Gasteiger partial charge on any atom is -0.330 e. The van der Waals surface area contributed by atoms with E-state index in [1.807, 2.05) is 0 Å². The van der Waals surface area contributed by atoms with E-state index in [0.29, 0.717) is 5.41 Å². The maximum Gasteiger partial charge on any atom is -0.00172 e. The lowest BCUT2D eigenvalue weighted by Crippen LogP contribution is -2.41. The molecule has 0 aliphatic carbocycles. The van der Waals surface area contributed by atoms with Crippen molar-refractivity contribution >= 4 is 0 Å². The lowest BCUT2D eigenvalue weighted by atomic mass is 9.76. The Kier molecular flexibility index (Phi) is 3.74. The van der Waals surface area contributed by atoms with E-state index in [0.717, 1.165) is 24.9 Å². The normalized spacial score (nSPS) is 30.5. The fourth-order valence-corrected chi connectivity index (χ4v) is 2.31. The molecule has 1 fully saturated rings. The van der Waals surface area contributed by atoms with E-state index in [2.05, 4.69) is 26.1 Å². The van der Waals surface area contributed by atoms with Crippen LogP contribution < -0.4 is 11.1 Å². The molecule has 2 atom stereocenters. The van der Waals surface area contributed by atoms with Crippen molar-refractivity contribution in [2.24, 2.45) is 23.0 Å². The molecule has 1 heterocycles. The first-order chi connectivity index (χ1) is 6.03. The van der Waals surface area contributed by atoms with Gasteiger partial charge in [0.25, 0.3) is 0 Å². The second kappa shape index (κ2) is 4.43. The predicted molar refractivity (Wildman–Crippen MR) is 57.6 cm³/mol. The Morgan fingerprint density at radius 2 is 2.00 bits per heavy atom. The van der Waals surface area contributed by atoms with Crippen LogP contribution in [0.5, 0.6) is 0 Å². The smallest absolute Gasteiger partial charge is 0.00172 e. The molecule has 0 spiro atoms. The summed E-state index contributed by atoms with van der Waals surface area (Å²) in [5, 5.41) is 3.47. The Balaban J connectivity index is 2.45. The van der Waals surface area contributed by atoms with Crippen molar-refractivity contribution in [1.29, 1.82) is 0 Å². The van der Waals surface area contributed by atoms with E-state index in [4.69, 9.17) is 5.73 Å². The number of nitrogens with one attached hydrogen (secondary N) is 1. The lowest BCUT2D eigenvalue weighted by molar-refractivity contribution is 0.185. The van der Waals surface area contributed by atoms with Gasteiger partial charge in [0.2, 0.25) is 0 Å². The Bertz CT molecular complexity index is 149. The van der Waals surface area contributed by atoms with E-state index < -0.39 is 0 Å². The quantitative estimate of drug-likeness (QED) is 0.684. The minimum atomic E-state index is 0.442. The maximum atomic E-state index is 5.78. The van der Waals surface area contributed by atoms with Crippen LogP contribution in [-0.4, -0.2) is 19.6 Å². The first-order valence-electron chi connectivity index (χ1n) is 5.44.